The summed E-state index contributed by atoms with van der Waals surface area (Å²) >= 11 is 2.61. The Balaban J connectivity index is 1.54. The van der Waals surface area contributed by atoms with Gasteiger partial charge in [0.2, 0.25) is 5.91 Å². The van der Waals surface area contributed by atoms with Gasteiger partial charge in [-0.05, 0) is 43.3 Å². The summed E-state index contributed by atoms with van der Waals surface area (Å²) in [7, 11) is 0. The lowest BCUT2D eigenvalue weighted by Gasteiger charge is -2.31. The van der Waals surface area contributed by atoms with Crippen LogP contribution in [0.3, 0.4) is 0 Å². The molecule has 1 atom stereocenters. The van der Waals surface area contributed by atoms with Crippen LogP contribution in [-0.2, 0) is 14.3 Å². The topological polar surface area (TPSA) is 81.5 Å². The molecule has 9 heteroatoms. The van der Waals surface area contributed by atoms with Crippen molar-refractivity contribution in [2.75, 3.05) is 25.4 Å². The molecule has 31 heavy (non-hydrogen) atoms. The zero-order chi connectivity index (χ0) is 21.8. The molecule has 7 nitrogen and oxygen atoms in total. The summed E-state index contributed by atoms with van der Waals surface area (Å²) in [6, 6.07) is 11.1. The summed E-state index contributed by atoms with van der Waals surface area (Å²) < 4.78 is 7.28. The number of para-hydroxylation sites is 1. The minimum atomic E-state index is -0.273. The minimum Gasteiger partial charge on any atom is -0.466 e. The van der Waals surface area contributed by atoms with Crippen molar-refractivity contribution >= 4 is 45.2 Å². The SMILES string of the molecule is CCOC(=O)[C@@H]1CCCN(C(=O)CSc2nc3ccsc3c(=O)n2-c2ccccc2)C1. The Morgan fingerprint density at radius 2 is 2.06 bits per heavy atom. The second-order valence-corrected chi connectivity index (χ2v) is 9.08. The van der Waals surface area contributed by atoms with Gasteiger partial charge in [-0.3, -0.25) is 19.0 Å². The van der Waals surface area contributed by atoms with Gasteiger partial charge in [-0.2, -0.15) is 0 Å². The lowest BCUT2D eigenvalue weighted by Crippen LogP contribution is -2.43. The Morgan fingerprint density at radius 1 is 1.26 bits per heavy atom. The van der Waals surface area contributed by atoms with Crippen LogP contribution in [0, 0.1) is 5.92 Å². The first kappa shape index (κ1) is 21.6. The van der Waals surface area contributed by atoms with E-state index in [-0.39, 0.29) is 29.1 Å². The first-order valence-corrected chi connectivity index (χ1v) is 12.1. The second-order valence-electron chi connectivity index (χ2n) is 7.23. The number of carbonyl (C=O) groups is 2. The van der Waals surface area contributed by atoms with E-state index in [2.05, 4.69) is 4.98 Å². The van der Waals surface area contributed by atoms with Gasteiger partial charge >= 0.3 is 5.97 Å². The van der Waals surface area contributed by atoms with Gasteiger partial charge in [-0.25, -0.2) is 4.98 Å². The third-order valence-corrected chi connectivity index (χ3v) is 7.00. The minimum absolute atomic E-state index is 0.0710. The number of hydrogen-bond donors (Lipinski definition) is 0. The van der Waals surface area contributed by atoms with E-state index >= 15 is 0 Å². The van der Waals surface area contributed by atoms with Crippen LogP contribution in [0.2, 0.25) is 0 Å². The number of rotatable bonds is 6. The van der Waals surface area contributed by atoms with Crippen molar-refractivity contribution in [2.45, 2.75) is 24.9 Å². The number of amides is 1. The van der Waals surface area contributed by atoms with Gasteiger partial charge in [0.1, 0.15) is 4.70 Å². The molecule has 0 bridgehead atoms. The fourth-order valence-corrected chi connectivity index (χ4v) is 5.34. The van der Waals surface area contributed by atoms with Crippen LogP contribution in [0.5, 0.6) is 0 Å². The number of esters is 1. The standard InChI is InChI=1S/C22H23N3O4S2/c1-2-29-21(28)15-7-6-11-24(13-15)18(26)14-31-22-23-17-10-12-30-19(17)20(27)25(22)16-8-4-3-5-9-16/h3-5,8-10,12,15H,2,6-7,11,13-14H2,1H3/t15-/m1/s1. The normalized spacial score (nSPS) is 16.4. The Kier molecular flexibility index (Phi) is 6.72. The maximum atomic E-state index is 13.1. The van der Waals surface area contributed by atoms with E-state index in [0.717, 1.165) is 12.8 Å². The van der Waals surface area contributed by atoms with E-state index in [1.807, 2.05) is 41.8 Å². The van der Waals surface area contributed by atoms with Crippen LogP contribution in [-0.4, -0.2) is 51.8 Å². The Hall–Kier alpha value is -2.65. The molecule has 3 heterocycles. The predicted octanol–water partition coefficient (Wildman–Crippen LogP) is 3.34. The van der Waals surface area contributed by atoms with Crippen LogP contribution in [0.1, 0.15) is 19.8 Å². The highest BCUT2D eigenvalue weighted by molar-refractivity contribution is 7.99. The average Bonchev–Trinajstić information content (AvgIpc) is 3.27. The molecular weight excluding hydrogens is 434 g/mol. The summed E-state index contributed by atoms with van der Waals surface area (Å²) in [4.78, 5) is 44.4. The van der Waals surface area contributed by atoms with Crippen molar-refractivity contribution < 1.29 is 14.3 Å². The number of ether oxygens (including phenoxy) is 1. The molecule has 0 unspecified atom stereocenters. The molecular formula is C22H23N3O4S2. The van der Waals surface area contributed by atoms with E-state index < -0.39 is 0 Å². The smallest absolute Gasteiger partial charge is 0.310 e. The Morgan fingerprint density at radius 3 is 2.84 bits per heavy atom. The van der Waals surface area contributed by atoms with Gasteiger partial charge in [-0.15, -0.1) is 11.3 Å². The molecule has 0 spiro atoms. The van der Waals surface area contributed by atoms with Crippen molar-refractivity contribution in [3.05, 3.63) is 52.1 Å². The van der Waals surface area contributed by atoms with Crippen molar-refractivity contribution in [2.24, 2.45) is 5.92 Å². The summed E-state index contributed by atoms with van der Waals surface area (Å²) in [6.45, 7) is 3.12. The monoisotopic (exact) mass is 457 g/mol. The van der Waals surface area contributed by atoms with Crippen LogP contribution < -0.4 is 5.56 Å². The van der Waals surface area contributed by atoms with Gasteiger partial charge in [0.25, 0.3) is 5.56 Å². The third kappa shape index (κ3) is 4.67. The maximum Gasteiger partial charge on any atom is 0.310 e. The number of aromatic nitrogens is 2. The number of likely N-dealkylation sites (tertiary alicyclic amines) is 1. The second kappa shape index (κ2) is 9.65. The first-order valence-electron chi connectivity index (χ1n) is 10.2. The van der Waals surface area contributed by atoms with Crippen LogP contribution in [0.4, 0.5) is 0 Å². The number of thioether (sulfide) groups is 1. The molecule has 1 aliphatic heterocycles. The van der Waals surface area contributed by atoms with Crippen molar-refractivity contribution in [3.63, 3.8) is 0 Å². The molecule has 1 saturated heterocycles. The van der Waals surface area contributed by atoms with Gasteiger partial charge in [0.05, 0.1) is 29.5 Å². The molecule has 1 amide bonds. The summed E-state index contributed by atoms with van der Waals surface area (Å²) in [6.07, 6.45) is 1.51. The zero-order valence-corrected chi connectivity index (χ0v) is 18.8. The Labute approximate surface area is 188 Å². The van der Waals surface area contributed by atoms with E-state index in [1.165, 1.54) is 23.1 Å². The van der Waals surface area contributed by atoms with Gasteiger partial charge in [-0.1, -0.05) is 30.0 Å². The fraction of sp³-hybridized carbons (Fsp3) is 0.364. The third-order valence-electron chi connectivity index (χ3n) is 5.18. The molecule has 0 aliphatic carbocycles. The molecule has 4 rings (SSSR count). The number of benzene rings is 1. The molecule has 1 aliphatic rings. The molecule has 1 fully saturated rings. The number of carbonyl (C=O) groups excluding carboxylic acids is 2. The number of piperidine rings is 1. The van der Waals surface area contributed by atoms with Gasteiger partial charge < -0.3 is 9.64 Å². The molecule has 1 aromatic carbocycles. The van der Waals surface area contributed by atoms with E-state index in [1.54, 1.807) is 16.4 Å². The fourth-order valence-electron chi connectivity index (χ4n) is 3.67. The highest BCUT2D eigenvalue weighted by Crippen LogP contribution is 2.25. The van der Waals surface area contributed by atoms with Crippen molar-refractivity contribution in [1.29, 1.82) is 0 Å². The average molecular weight is 458 g/mol. The number of thiophene rings is 1. The van der Waals surface area contributed by atoms with E-state index in [9.17, 15) is 14.4 Å². The number of hydrogen-bond acceptors (Lipinski definition) is 7. The van der Waals surface area contributed by atoms with Crippen LogP contribution in [0.25, 0.3) is 15.9 Å². The summed E-state index contributed by atoms with van der Waals surface area (Å²) in [5.74, 6) is -0.441. The lowest BCUT2D eigenvalue weighted by atomic mass is 9.98. The number of fused-ring (bicyclic) bond motifs is 1. The highest BCUT2D eigenvalue weighted by atomic mass is 32.2. The molecule has 0 saturated carbocycles. The molecule has 0 N–H and O–H groups in total. The van der Waals surface area contributed by atoms with E-state index in [0.29, 0.717) is 40.8 Å². The first-order chi connectivity index (χ1) is 15.1. The van der Waals surface area contributed by atoms with Crippen LogP contribution >= 0.6 is 23.1 Å². The summed E-state index contributed by atoms with van der Waals surface area (Å²) in [5.41, 5.74) is 1.21. The molecule has 162 valence electrons. The quantitative estimate of drug-likeness (QED) is 0.321. The zero-order valence-electron chi connectivity index (χ0n) is 17.2. The van der Waals surface area contributed by atoms with Gasteiger partial charge in [0, 0.05) is 13.1 Å². The Bertz CT molecular complexity index is 1140. The molecule has 0 radical (unpaired) electrons. The van der Waals surface area contributed by atoms with Crippen LogP contribution in [0.15, 0.2) is 51.7 Å². The lowest BCUT2D eigenvalue weighted by molar-refractivity contribution is -0.151. The number of nitrogens with zero attached hydrogens (tertiary/aromatic N) is 3. The van der Waals surface area contributed by atoms with E-state index in [4.69, 9.17) is 4.74 Å². The largest absolute Gasteiger partial charge is 0.466 e. The van der Waals surface area contributed by atoms with Crippen molar-refractivity contribution in [3.8, 4) is 5.69 Å². The molecule has 2 aromatic heterocycles. The van der Waals surface area contributed by atoms with Gasteiger partial charge in [0.15, 0.2) is 5.16 Å². The van der Waals surface area contributed by atoms with Crippen molar-refractivity contribution in [1.82, 2.24) is 14.5 Å². The predicted molar refractivity (Wildman–Crippen MR) is 122 cm³/mol. The summed E-state index contributed by atoms with van der Waals surface area (Å²) in [5, 5.41) is 2.33. The maximum absolute atomic E-state index is 13.1. The highest BCUT2D eigenvalue weighted by Gasteiger charge is 2.29. The molecule has 3 aromatic rings.